The third-order valence-corrected chi connectivity index (χ3v) is 3.91. The molecule has 1 fully saturated rings. The Morgan fingerprint density at radius 1 is 1.71 bits per heavy atom. The maximum absolute atomic E-state index is 11.1. The van der Waals surface area contributed by atoms with Crippen LogP contribution in [0.3, 0.4) is 0 Å². The number of thiazole rings is 1. The summed E-state index contributed by atoms with van der Waals surface area (Å²) < 4.78 is 5.26. The second kappa shape index (κ2) is 5.12. The number of carbonyl (C=O) groups is 1. The van der Waals surface area contributed by atoms with Gasteiger partial charge in [-0.1, -0.05) is 0 Å². The fraction of sp³-hybridized carbons (Fsp3) is 0.636. The third-order valence-electron chi connectivity index (χ3n) is 3.01. The Morgan fingerprint density at radius 2 is 2.47 bits per heavy atom. The molecule has 2 heterocycles. The summed E-state index contributed by atoms with van der Waals surface area (Å²) in [4.78, 5) is 18.4. The van der Waals surface area contributed by atoms with Gasteiger partial charge in [0.25, 0.3) is 0 Å². The Hall–Kier alpha value is -0.980. The smallest absolute Gasteiger partial charge is 0.310 e. The van der Waals surface area contributed by atoms with Gasteiger partial charge < -0.3 is 9.84 Å². The Morgan fingerprint density at radius 3 is 3.06 bits per heavy atom. The summed E-state index contributed by atoms with van der Waals surface area (Å²) in [6, 6.07) is -0.0464. The molecule has 1 aromatic heterocycles. The van der Waals surface area contributed by atoms with Crippen LogP contribution in [-0.4, -0.2) is 47.3 Å². The highest BCUT2D eigenvalue weighted by molar-refractivity contribution is 7.11. The minimum atomic E-state index is -0.778. The van der Waals surface area contributed by atoms with Crippen molar-refractivity contribution in [3.8, 4) is 0 Å². The molecule has 1 aliphatic heterocycles. The number of carboxylic acids is 1. The van der Waals surface area contributed by atoms with Gasteiger partial charge in [-0.25, -0.2) is 4.98 Å². The molecular weight excluding hydrogens is 240 g/mol. The zero-order valence-electron chi connectivity index (χ0n) is 9.92. The van der Waals surface area contributed by atoms with Crippen LogP contribution in [0.15, 0.2) is 6.20 Å². The van der Waals surface area contributed by atoms with Crippen molar-refractivity contribution in [2.75, 3.05) is 20.3 Å². The van der Waals surface area contributed by atoms with Gasteiger partial charge >= 0.3 is 5.97 Å². The van der Waals surface area contributed by atoms with Crippen LogP contribution < -0.4 is 0 Å². The molecule has 5 nitrogen and oxygen atoms in total. The molecule has 1 saturated heterocycles. The second-order valence-corrected chi connectivity index (χ2v) is 5.63. The van der Waals surface area contributed by atoms with Crippen LogP contribution in [0.2, 0.25) is 0 Å². The zero-order chi connectivity index (χ0) is 12.4. The molecule has 0 aliphatic carbocycles. The first kappa shape index (κ1) is 12.5. The molecule has 6 heteroatoms. The zero-order valence-corrected chi connectivity index (χ0v) is 10.7. The number of nitrogens with zero attached hydrogens (tertiary/aromatic N) is 2. The number of aryl methyl sites for hydroxylation is 1. The van der Waals surface area contributed by atoms with Gasteiger partial charge in [-0.15, -0.1) is 11.3 Å². The van der Waals surface area contributed by atoms with Crippen molar-refractivity contribution in [1.82, 2.24) is 9.88 Å². The molecular formula is C11H16N2O3S. The summed E-state index contributed by atoms with van der Waals surface area (Å²) in [5, 5.41) is 10.1. The molecule has 2 unspecified atom stereocenters. The minimum Gasteiger partial charge on any atom is -0.481 e. The van der Waals surface area contributed by atoms with E-state index in [-0.39, 0.29) is 6.04 Å². The summed E-state index contributed by atoms with van der Waals surface area (Å²) in [5.41, 5.74) is 0. The Labute approximate surface area is 104 Å². The molecule has 94 valence electrons. The van der Waals surface area contributed by atoms with Crippen molar-refractivity contribution in [2.24, 2.45) is 5.92 Å². The first-order valence-corrected chi connectivity index (χ1v) is 6.31. The molecule has 1 aliphatic rings. The maximum Gasteiger partial charge on any atom is 0.310 e. The molecule has 0 spiro atoms. The van der Waals surface area contributed by atoms with Crippen molar-refractivity contribution in [3.05, 3.63) is 16.1 Å². The number of carboxylic acid groups (broad SMARTS) is 1. The van der Waals surface area contributed by atoms with Gasteiger partial charge in [-0.2, -0.15) is 0 Å². The largest absolute Gasteiger partial charge is 0.481 e. The van der Waals surface area contributed by atoms with E-state index < -0.39 is 11.9 Å². The number of aromatic nitrogens is 1. The predicted octanol–water partition coefficient (Wildman–Crippen LogP) is 0.983. The summed E-state index contributed by atoms with van der Waals surface area (Å²) in [5.74, 6) is -1.20. The van der Waals surface area contributed by atoms with Crippen LogP contribution in [0.4, 0.5) is 0 Å². The number of hydrogen-bond acceptors (Lipinski definition) is 5. The van der Waals surface area contributed by atoms with E-state index in [4.69, 9.17) is 9.84 Å². The van der Waals surface area contributed by atoms with Crippen LogP contribution >= 0.6 is 11.3 Å². The van der Waals surface area contributed by atoms with E-state index in [0.29, 0.717) is 13.2 Å². The summed E-state index contributed by atoms with van der Waals surface area (Å²) in [6.45, 7) is 3.49. The van der Waals surface area contributed by atoms with Gasteiger partial charge in [0.2, 0.25) is 0 Å². The predicted molar refractivity (Wildman–Crippen MR) is 64.1 cm³/mol. The normalized spacial score (nSPS) is 24.4. The van der Waals surface area contributed by atoms with Gasteiger partial charge in [-0.05, 0) is 14.0 Å². The molecule has 17 heavy (non-hydrogen) atoms. The molecule has 1 N–H and O–H groups in total. The van der Waals surface area contributed by atoms with Crippen LogP contribution in [0, 0.1) is 12.8 Å². The SMILES string of the molecule is Cc1ncc(CN(C)C2COCC2C(=O)O)s1. The Kier molecular flexibility index (Phi) is 3.76. The van der Waals surface area contributed by atoms with E-state index in [1.807, 2.05) is 25.1 Å². The highest BCUT2D eigenvalue weighted by Crippen LogP contribution is 2.22. The molecule has 0 bridgehead atoms. The quantitative estimate of drug-likeness (QED) is 0.870. The number of hydrogen-bond donors (Lipinski definition) is 1. The van der Waals surface area contributed by atoms with Crippen molar-refractivity contribution < 1.29 is 14.6 Å². The summed E-state index contributed by atoms with van der Waals surface area (Å²) >= 11 is 1.64. The first-order valence-electron chi connectivity index (χ1n) is 5.50. The minimum absolute atomic E-state index is 0.0464. The van der Waals surface area contributed by atoms with Gasteiger partial charge in [0, 0.05) is 23.7 Å². The average Bonchev–Trinajstić information content (AvgIpc) is 2.86. The van der Waals surface area contributed by atoms with E-state index in [1.54, 1.807) is 11.3 Å². The molecule has 0 aromatic carbocycles. The van der Waals surface area contributed by atoms with Crippen LogP contribution in [0.1, 0.15) is 9.88 Å². The maximum atomic E-state index is 11.1. The van der Waals surface area contributed by atoms with Gasteiger partial charge in [-0.3, -0.25) is 9.69 Å². The van der Waals surface area contributed by atoms with E-state index in [0.717, 1.165) is 16.4 Å². The van der Waals surface area contributed by atoms with Crippen molar-refractivity contribution in [3.63, 3.8) is 0 Å². The van der Waals surface area contributed by atoms with E-state index in [2.05, 4.69) is 4.98 Å². The van der Waals surface area contributed by atoms with Gasteiger partial charge in [0.05, 0.1) is 24.1 Å². The van der Waals surface area contributed by atoms with E-state index >= 15 is 0 Å². The summed E-state index contributed by atoms with van der Waals surface area (Å²) in [7, 11) is 1.93. The summed E-state index contributed by atoms with van der Waals surface area (Å²) in [6.07, 6.45) is 1.85. The van der Waals surface area contributed by atoms with E-state index in [1.165, 1.54) is 0 Å². The van der Waals surface area contributed by atoms with Crippen molar-refractivity contribution >= 4 is 17.3 Å². The Bertz CT molecular complexity index is 407. The van der Waals surface area contributed by atoms with Crippen LogP contribution in [-0.2, 0) is 16.1 Å². The highest BCUT2D eigenvalue weighted by atomic mass is 32.1. The monoisotopic (exact) mass is 256 g/mol. The number of ether oxygens (including phenoxy) is 1. The lowest BCUT2D eigenvalue weighted by Gasteiger charge is -2.25. The van der Waals surface area contributed by atoms with Crippen LogP contribution in [0.25, 0.3) is 0 Å². The molecule has 2 rings (SSSR count). The van der Waals surface area contributed by atoms with Gasteiger partial charge in [0.1, 0.15) is 0 Å². The number of aliphatic carboxylic acids is 1. The number of likely N-dealkylation sites (N-methyl/N-ethyl adjacent to an activating group) is 1. The van der Waals surface area contributed by atoms with Crippen LogP contribution in [0.5, 0.6) is 0 Å². The lowest BCUT2D eigenvalue weighted by Crippen LogP contribution is -2.40. The highest BCUT2D eigenvalue weighted by Gasteiger charge is 2.36. The standard InChI is InChI=1S/C11H16N2O3S/c1-7-12-3-8(17-7)4-13(2)10-6-16-5-9(10)11(14)15/h3,9-10H,4-6H2,1-2H3,(H,14,15). The second-order valence-electron chi connectivity index (χ2n) is 4.31. The Balaban J connectivity index is 1.99. The fourth-order valence-corrected chi connectivity index (χ4v) is 2.91. The lowest BCUT2D eigenvalue weighted by atomic mass is 10.0. The molecule has 2 atom stereocenters. The molecule has 1 aromatic rings. The topological polar surface area (TPSA) is 62.7 Å². The van der Waals surface area contributed by atoms with E-state index in [9.17, 15) is 4.79 Å². The fourth-order valence-electron chi connectivity index (χ4n) is 2.05. The van der Waals surface area contributed by atoms with Crippen molar-refractivity contribution in [1.29, 1.82) is 0 Å². The van der Waals surface area contributed by atoms with Crippen molar-refractivity contribution in [2.45, 2.75) is 19.5 Å². The average molecular weight is 256 g/mol. The third kappa shape index (κ3) is 2.83. The first-order chi connectivity index (χ1) is 8.08. The molecule has 0 radical (unpaired) electrons. The number of rotatable bonds is 4. The molecule has 0 saturated carbocycles. The van der Waals surface area contributed by atoms with Gasteiger partial charge in [0.15, 0.2) is 0 Å². The molecule has 0 amide bonds. The lowest BCUT2D eigenvalue weighted by molar-refractivity contribution is -0.143.